The number of Topliss-reactive ketones (excluding diaryl/α,β-unsaturated/α-hetero) is 1. The highest BCUT2D eigenvalue weighted by Crippen LogP contribution is 2.23. The fourth-order valence-electron chi connectivity index (χ4n) is 2.91. The Hall–Kier alpha value is -0.670. The molecule has 3 heteroatoms. The summed E-state index contributed by atoms with van der Waals surface area (Å²) in [5, 5.41) is 0. The lowest BCUT2D eigenvalue weighted by molar-refractivity contribution is 0.0838. The van der Waals surface area contributed by atoms with Crippen LogP contribution in [-0.4, -0.2) is 29.8 Å². The minimum Gasteiger partial charge on any atom is -0.293 e. The lowest BCUT2D eigenvalue weighted by Crippen LogP contribution is -2.42. The van der Waals surface area contributed by atoms with Crippen LogP contribution < -0.4 is 0 Å². The van der Waals surface area contributed by atoms with E-state index in [-0.39, 0.29) is 0 Å². The van der Waals surface area contributed by atoms with E-state index in [1.165, 1.54) is 29.0 Å². The zero-order valence-corrected chi connectivity index (χ0v) is 12.5. The van der Waals surface area contributed by atoms with Gasteiger partial charge in [-0.15, -0.1) is 11.3 Å². The molecule has 1 atom stereocenters. The molecule has 1 aromatic heterocycles. The molecule has 0 saturated carbocycles. The van der Waals surface area contributed by atoms with Gasteiger partial charge >= 0.3 is 0 Å². The number of piperidine rings is 1. The van der Waals surface area contributed by atoms with Crippen LogP contribution in [0, 0.1) is 13.8 Å². The first-order chi connectivity index (χ1) is 8.61. The van der Waals surface area contributed by atoms with E-state index in [9.17, 15) is 4.79 Å². The summed E-state index contributed by atoms with van der Waals surface area (Å²) in [5.74, 6) is 0.303. The molecule has 18 heavy (non-hydrogen) atoms. The summed E-state index contributed by atoms with van der Waals surface area (Å²) in [6.45, 7) is 8.05. The largest absolute Gasteiger partial charge is 0.293 e. The minimum atomic E-state index is 0.303. The van der Waals surface area contributed by atoms with E-state index in [1.54, 1.807) is 11.3 Å². The summed E-state index contributed by atoms with van der Waals surface area (Å²) in [7, 11) is 0. The van der Waals surface area contributed by atoms with Gasteiger partial charge in [-0.2, -0.15) is 0 Å². The summed E-state index contributed by atoms with van der Waals surface area (Å²) in [5.41, 5.74) is 0.943. The number of rotatable bonds is 4. The number of aryl methyl sites for hydroxylation is 2. The van der Waals surface area contributed by atoms with Crippen LogP contribution in [0.4, 0.5) is 0 Å². The second-order valence-electron chi connectivity index (χ2n) is 5.28. The number of thiophene rings is 1. The zero-order chi connectivity index (χ0) is 13.1. The maximum atomic E-state index is 12.4. The average Bonchev–Trinajstić information content (AvgIpc) is 2.69. The van der Waals surface area contributed by atoms with Crippen molar-refractivity contribution in [2.45, 2.75) is 52.5 Å². The molecule has 0 bridgehead atoms. The predicted molar refractivity (Wildman–Crippen MR) is 77.6 cm³/mol. The van der Waals surface area contributed by atoms with Crippen LogP contribution in [0.3, 0.4) is 0 Å². The molecule has 100 valence electrons. The smallest absolute Gasteiger partial charge is 0.177 e. The molecule has 1 aliphatic heterocycles. The lowest BCUT2D eigenvalue weighted by atomic mass is 9.99. The van der Waals surface area contributed by atoms with E-state index in [2.05, 4.69) is 25.7 Å². The maximum Gasteiger partial charge on any atom is 0.177 e. The molecule has 1 fully saturated rings. The summed E-state index contributed by atoms with van der Waals surface area (Å²) in [6.07, 6.45) is 4.98. The minimum absolute atomic E-state index is 0.303. The van der Waals surface area contributed by atoms with Gasteiger partial charge in [-0.25, -0.2) is 0 Å². The number of nitrogens with zero attached hydrogens (tertiary/aromatic N) is 1. The van der Waals surface area contributed by atoms with Gasteiger partial charge in [0.25, 0.3) is 0 Å². The first-order valence-corrected chi connectivity index (χ1v) is 7.77. The summed E-state index contributed by atoms with van der Waals surface area (Å²) < 4.78 is 0. The molecule has 0 aromatic carbocycles. The normalized spacial score (nSPS) is 21.2. The number of ketones is 1. The molecular formula is C15H23NOS. The Morgan fingerprint density at radius 3 is 2.83 bits per heavy atom. The Labute approximate surface area is 114 Å². The molecule has 0 radical (unpaired) electrons. The monoisotopic (exact) mass is 265 g/mol. The van der Waals surface area contributed by atoms with Gasteiger partial charge in [-0.05, 0) is 45.7 Å². The van der Waals surface area contributed by atoms with Crippen molar-refractivity contribution < 1.29 is 4.79 Å². The van der Waals surface area contributed by atoms with Crippen LogP contribution in [0.5, 0.6) is 0 Å². The molecule has 0 N–H and O–H groups in total. The van der Waals surface area contributed by atoms with Crippen molar-refractivity contribution in [3.05, 3.63) is 21.4 Å². The van der Waals surface area contributed by atoms with Gasteiger partial charge in [0.15, 0.2) is 5.78 Å². The second kappa shape index (κ2) is 5.98. The highest BCUT2D eigenvalue weighted by atomic mass is 32.1. The van der Waals surface area contributed by atoms with Crippen molar-refractivity contribution in [3.8, 4) is 0 Å². The van der Waals surface area contributed by atoms with E-state index in [0.717, 1.165) is 18.5 Å². The average molecular weight is 265 g/mol. The molecular weight excluding hydrogens is 242 g/mol. The van der Waals surface area contributed by atoms with Gasteiger partial charge in [-0.1, -0.05) is 13.3 Å². The first kappa shape index (κ1) is 13.8. The van der Waals surface area contributed by atoms with Crippen LogP contribution in [0.2, 0.25) is 0 Å². The quantitative estimate of drug-likeness (QED) is 0.772. The number of likely N-dealkylation sites (tertiary alicyclic amines) is 1. The first-order valence-electron chi connectivity index (χ1n) is 6.96. The summed E-state index contributed by atoms with van der Waals surface area (Å²) >= 11 is 1.73. The maximum absolute atomic E-state index is 12.4. The topological polar surface area (TPSA) is 20.3 Å². The van der Waals surface area contributed by atoms with Crippen LogP contribution in [0.25, 0.3) is 0 Å². The Bertz CT molecular complexity index is 424. The van der Waals surface area contributed by atoms with Crippen molar-refractivity contribution in [2.24, 2.45) is 0 Å². The standard InChI is InChI=1S/C15H23NOS/c1-4-13-7-5-6-8-16(13)10-15(17)14-9-11(2)18-12(14)3/h9,13H,4-8,10H2,1-3H3. The third-order valence-electron chi connectivity index (χ3n) is 3.91. The Morgan fingerprint density at radius 2 is 2.22 bits per heavy atom. The zero-order valence-electron chi connectivity index (χ0n) is 11.7. The number of hydrogen-bond acceptors (Lipinski definition) is 3. The van der Waals surface area contributed by atoms with Crippen LogP contribution in [-0.2, 0) is 0 Å². The van der Waals surface area contributed by atoms with Crippen molar-refractivity contribution in [3.63, 3.8) is 0 Å². The van der Waals surface area contributed by atoms with Crippen LogP contribution in [0.15, 0.2) is 6.07 Å². The van der Waals surface area contributed by atoms with Crippen molar-refractivity contribution >= 4 is 17.1 Å². The number of carbonyl (C=O) groups is 1. The predicted octanol–water partition coefficient (Wildman–Crippen LogP) is 3.81. The molecule has 0 aliphatic carbocycles. The Kier molecular flexibility index (Phi) is 4.57. The molecule has 1 aliphatic rings. The highest BCUT2D eigenvalue weighted by molar-refractivity contribution is 7.12. The van der Waals surface area contributed by atoms with E-state index in [4.69, 9.17) is 0 Å². The van der Waals surface area contributed by atoms with Crippen LogP contribution >= 0.6 is 11.3 Å². The third-order valence-corrected chi connectivity index (χ3v) is 4.87. The molecule has 2 rings (SSSR count). The molecule has 1 unspecified atom stereocenters. The molecule has 2 heterocycles. The summed E-state index contributed by atoms with van der Waals surface area (Å²) in [6, 6.07) is 2.66. The fourth-order valence-corrected chi connectivity index (χ4v) is 3.85. The number of carbonyl (C=O) groups excluding carboxylic acids is 1. The fraction of sp³-hybridized carbons (Fsp3) is 0.667. The van der Waals surface area contributed by atoms with Gasteiger partial charge in [0.2, 0.25) is 0 Å². The number of hydrogen-bond donors (Lipinski definition) is 0. The van der Waals surface area contributed by atoms with Gasteiger partial charge in [0, 0.05) is 21.4 Å². The van der Waals surface area contributed by atoms with E-state index >= 15 is 0 Å². The Balaban J connectivity index is 2.04. The lowest BCUT2D eigenvalue weighted by Gasteiger charge is -2.34. The third kappa shape index (κ3) is 3.01. The molecule has 1 saturated heterocycles. The SMILES string of the molecule is CCC1CCCCN1CC(=O)c1cc(C)sc1C. The van der Waals surface area contributed by atoms with Gasteiger partial charge in [-0.3, -0.25) is 9.69 Å². The van der Waals surface area contributed by atoms with Crippen molar-refractivity contribution in [1.29, 1.82) is 0 Å². The van der Waals surface area contributed by atoms with Gasteiger partial charge in [0.05, 0.1) is 6.54 Å². The second-order valence-corrected chi connectivity index (χ2v) is 6.74. The highest BCUT2D eigenvalue weighted by Gasteiger charge is 2.24. The molecule has 1 aromatic rings. The van der Waals surface area contributed by atoms with Gasteiger partial charge in [0.1, 0.15) is 0 Å². The Morgan fingerprint density at radius 1 is 1.44 bits per heavy atom. The summed E-state index contributed by atoms with van der Waals surface area (Å²) in [4.78, 5) is 17.2. The van der Waals surface area contributed by atoms with E-state index in [1.807, 2.05) is 6.07 Å². The van der Waals surface area contributed by atoms with Crippen molar-refractivity contribution in [1.82, 2.24) is 4.90 Å². The van der Waals surface area contributed by atoms with Crippen molar-refractivity contribution in [2.75, 3.05) is 13.1 Å². The van der Waals surface area contributed by atoms with E-state index < -0.39 is 0 Å². The molecule has 0 amide bonds. The van der Waals surface area contributed by atoms with Gasteiger partial charge < -0.3 is 0 Å². The van der Waals surface area contributed by atoms with E-state index in [0.29, 0.717) is 18.4 Å². The molecule has 0 spiro atoms. The molecule has 2 nitrogen and oxygen atoms in total. The van der Waals surface area contributed by atoms with Crippen LogP contribution in [0.1, 0.15) is 52.7 Å².